The maximum absolute atomic E-state index is 11.7. The van der Waals surface area contributed by atoms with Crippen LogP contribution in [0.2, 0.25) is 0 Å². The van der Waals surface area contributed by atoms with E-state index < -0.39 is 6.04 Å². The molecule has 0 saturated heterocycles. The number of carbonyl (C=O) groups excluding carboxylic acids is 1. The number of benzene rings is 1. The first kappa shape index (κ1) is 13.5. The minimum Gasteiger partial charge on any atom is -0.394 e. The topological polar surface area (TPSA) is 72.8 Å². The van der Waals surface area contributed by atoms with Crippen LogP contribution < -0.4 is 10.2 Å². The van der Waals surface area contributed by atoms with Crippen LogP contribution in [0.15, 0.2) is 24.3 Å². The smallest absolute Gasteiger partial charge is 0.251 e. The first-order valence-corrected chi connectivity index (χ1v) is 5.38. The highest BCUT2D eigenvalue weighted by atomic mass is 16.3. The zero-order valence-electron chi connectivity index (χ0n) is 10.1. The van der Waals surface area contributed by atoms with Gasteiger partial charge < -0.3 is 20.4 Å². The summed E-state index contributed by atoms with van der Waals surface area (Å²) in [6, 6.07) is 6.47. The summed E-state index contributed by atoms with van der Waals surface area (Å²) < 4.78 is 0. The Morgan fingerprint density at radius 3 is 2.18 bits per heavy atom. The highest BCUT2D eigenvalue weighted by Gasteiger charge is 2.11. The van der Waals surface area contributed by atoms with E-state index in [-0.39, 0.29) is 19.1 Å². The lowest BCUT2D eigenvalue weighted by molar-refractivity contribution is 0.0879. The predicted molar refractivity (Wildman–Crippen MR) is 66.2 cm³/mol. The van der Waals surface area contributed by atoms with Crippen molar-refractivity contribution in [1.82, 2.24) is 5.32 Å². The molecule has 0 aliphatic rings. The molecule has 5 nitrogen and oxygen atoms in total. The Balaban J connectivity index is 2.69. The number of nitrogens with zero attached hydrogens (tertiary/aromatic N) is 1. The number of aliphatic hydroxyl groups excluding tert-OH is 2. The van der Waals surface area contributed by atoms with Crippen molar-refractivity contribution in [3.8, 4) is 0 Å². The number of nitrogens with one attached hydrogen (secondary N) is 1. The monoisotopic (exact) mass is 238 g/mol. The summed E-state index contributed by atoms with van der Waals surface area (Å²) in [6.07, 6.45) is 0. The molecule has 0 aliphatic carbocycles. The zero-order chi connectivity index (χ0) is 12.8. The SMILES string of the molecule is CN(C)c1ccc(C(=O)NC(CO)CO)cc1. The molecule has 0 radical (unpaired) electrons. The molecule has 0 saturated carbocycles. The van der Waals surface area contributed by atoms with Gasteiger partial charge in [0.05, 0.1) is 19.3 Å². The standard InChI is InChI=1S/C12H18N2O3/c1-14(2)11-5-3-9(4-6-11)12(17)13-10(7-15)8-16/h3-6,10,15-16H,7-8H2,1-2H3,(H,13,17). The second-order valence-electron chi connectivity index (χ2n) is 3.98. The summed E-state index contributed by atoms with van der Waals surface area (Å²) in [5.74, 6) is -0.302. The normalized spacial score (nSPS) is 10.4. The molecule has 1 amide bonds. The molecule has 0 bridgehead atoms. The van der Waals surface area contributed by atoms with Gasteiger partial charge >= 0.3 is 0 Å². The minimum atomic E-state index is -0.615. The first-order chi connectivity index (χ1) is 8.08. The van der Waals surface area contributed by atoms with Gasteiger partial charge in [0.1, 0.15) is 0 Å². The van der Waals surface area contributed by atoms with Gasteiger partial charge in [-0.1, -0.05) is 0 Å². The van der Waals surface area contributed by atoms with E-state index in [1.807, 2.05) is 31.1 Å². The van der Waals surface area contributed by atoms with E-state index in [1.165, 1.54) is 0 Å². The third-order valence-electron chi connectivity index (χ3n) is 2.42. The summed E-state index contributed by atoms with van der Waals surface area (Å²) >= 11 is 0. The number of hydrogen-bond acceptors (Lipinski definition) is 4. The van der Waals surface area contributed by atoms with E-state index in [2.05, 4.69) is 5.32 Å². The Hall–Kier alpha value is -1.59. The number of hydrogen-bond donors (Lipinski definition) is 3. The number of aliphatic hydroxyl groups is 2. The lowest BCUT2D eigenvalue weighted by Crippen LogP contribution is -2.40. The predicted octanol–water partition coefficient (Wildman–Crippen LogP) is -0.164. The molecular weight excluding hydrogens is 220 g/mol. The second kappa shape index (κ2) is 6.22. The van der Waals surface area contributed by atoms with Crippen LogP contribution >= 0.6 is 0 Å². The van der Waals surface area contributed by atoms with E-state index in [1.54, 1.807) is 12.1 Å². The molecule has 0 fully saturated rings. The van der Waals surface area contributed by atoms with Crippen LogP contribution in [-0.2, 0) is 0 Å². The van der Waals surface area contributed by atoms with Gasteiger partial charge in [0.2, 0.25) is 0 Å². The minimum absolute atomic E-state index is 0.280. The van der Waals surface area contributed by atoms with Crippen LogP contribution in [0.25, 0.3) is 0 Å². The fourth-order valence-corrected chi connectivity index (χ4v) is 1.33. The van der Waals surface area contributed by atoms with E-state index >= 15 is 0 Å². The number of amides is 1. The zero-order valence-corrected chi connectivity index (χ0v) is 10.1. The summed E-state index contributed by atoms with van der Waals surface area (Å²) in [6.45, 7) is -0.559. The molecule has 0 atom stereocenters. The third kappa shape index (κ3) is 3.72. The van der Waals surface area contributed by atoms with Gasteiger partial charge in [-0.2, -0.15) is 0 Å². The van der Waals surface area contributed by atoms with Gasteiger partial charge in [0.15, 0.2) is 0 Å². The Labute approximate surface area is 101 Å². The van der Waals surface area contributed by atoms with Crippen molar-refractivity contribution in [3.63, 3.8) is 0 Å². The van der Waals surface area contributed by atoms with Crippen molar-refractivity contribution in [1.29, 1.82) is 0 Å². The van der Waals surface area contributed by atoms with Gasteiger partial charge in [-0.05, 0) is 24.3 Å². The number of carbonyl (C=O) groups is 1. The molecule has 0 spiro atoms. The lowest BCUT2D eigenvalue weighted by Gasteiger charge is -2.15. The summed E-state index contributed by atoms with van der Waals surface area (Å²) in [5, 5.41) is 20.2. The van der Waals surface area contributed by atoms with Crippen molar-refractivity contribution in [2.45, 2.75) is 6.04 Å². The quantitative estimate of drug-likeness (QED) is 0.666. The highest BCUT2D eigenvalue weighted by molar-refractivity contribution is 5.94. The number of rotatable bonds is 5. The van der Waals surface area contributed by atoms with Gasteiger partial charge in [-0.3, -0.25) is 4.79 Å². The van der Waals surface area contributed by atoms with Crippen LogP contribution in [-0.4, -0.2) is 49.5 Å². The Bertz CT molecular complexity index is 359. The van der Waals surface area contributed by atoms with E-state index in [4.69, 9.17) is 10.2 Å². The van der Waals surface area contributed by atoms with Crippen molar-refractivity contribution >= 4 is 11.6 Å². The van der Waals surface area contributed by atoms with Crippen molar-refractivity contribution in [2.24, 2.45) is 0 Å². The molecule has 17 heavy (non-hydrogen) atoms. The van der Waals surface area contributed by atoms with Crippen LogP contribution in [0.1, 0.15) is 10.4 Å². The molecule has 0 aliphatic heterocycles. The molecular formula is C12H18N2O3. The fraction of sp³-hybridized carbons (Fsp3) is 0.417. The maximum Gasteiger partial charge on any atom is 0.251 e. The fourth-order valence-electron chi connectivity index (χ4n) is 1.33. The lowest BCUT2D eigenvalue weighted by atomic mass is 10.1. The third-order valence-corrected chi connectivity index (χ3v) is 2.42. The molecule has 94 valence electrons. The van der Waals surface area contributed by atoms with Crippen molar-refractivity contribution in [2.75, 3.05) is 32.2 Å². The Morgan fingerprint density at radius 2 is 1.76 bits per heavy atom. The summed E-state index contributed by atoms with van der Waals surface area (Å²) in [7, 11) is 3.84. The molecule has 3 N–H and O–H groups in total. The van der Waals surface area contributed by atoms with E-state index in [0.29, 0.717) is 5.56 Å². The van der Waals surface area contributed by atoms with Gasteiger partial charge in [-0.25, -0.2) is 0 Å². The number of anilines is 1. The van der Waals surface area contributed by atoms with Crippen molar-refractivity contribution < 1.29 is 15.0 Å². The molecule has 0 heterocycles. The van der Waals surface area contributed by atoms with Crippen LogP contribution in [0.5, 0.6) is 0 Å². The van der Waals surface area contributed by atoms with Gasteiger partial charge in [0, 0.05) is 25.3 Å². The summed E-state index contributed by atoms with van der Waals surface area (Å²) in [5.41, 5.74) is 1.50. The molecule has 5 heteroatoms. The second-order valence-corrected chi connectivity index (χ2v) is 3.98. The first-order valence-electron chi connectivity index (χ1n) is 5.38. The van der Waals surface area contributed by atoms with Crippen LogP contribution in [0.3, 0.4) is 0 Å². The molecule has 0 aromatic heterocycles. The van der Waals surface area contributed by atoms with Crippen LogP contribution in [0.4, 0.5) is 5.69 Å². The molecule has 0 unspecified atom stereocenters. The van der Waals surface area contributed by atoms with Crippen LogP contribution in [0, 0.1) is 0 Å². The maximum atomic E-state index is 11.7. The van der Waals surface area contributed by atoms with Gasteiger partial charge in [0.25, 0.3) is 5.91 Å². The summed E-state index contributed by atoms with van der Waals surface area (Å²) in [4.78, 5) is 13.6. The van der Waals surface area contributed by atoms with E-state index in [0.717, 1.165) is 5.69 Å². The van der Waals surface area contributed by atoms with E-state index in [9.17, 15) is 4.79 Å². The Kier molecular flexibility index (Phi) is 4.93. The average Bonchev–Trinajstić information content (AvgIpc) is 2.35. The molecule has 1 aromatic rings. The molecule has 1 aromatic carbocycles. The molecule has 1 rings (SSSR count). The average molecular weight is 238 g/mol. The largest absolute Gasteiger partial charge is 0.394 e. The van der Waals surface area contributed by atoms with Gasteiger partial charge in [-0.15, -0.1) is 0 Å². The van der Waals surface area contributed by atoms with Crippen molar-refractivity contribution in [3.05, 3.63) is 29.8 Å². The Morgan fingerprint density at radius 1 is 1.24 bits per heavy atom. The highest BCUT2D eigenvalue weighted by Crippen LogP contribution is 2.12.